The van der Waals surface area contributed by atoms with E-state index in [9.17, 15) is 9.59 Å². The maximum absolute atomic E-state index is 12.0. The van der Waals surface area contributed by atoms with Crippen LogP contribution in [0.1, 0.15) is 52.3 Å². The summed E-state index contributed by atoms with van der Waals surface area (Å²) in [4.78, 5) is 28.2. The van der Waals surface area contributed by atoms with Gasteiger partial charge in [-0.25, -0.2) is 0 Å². The number of amides is 2. The molecule has 1 unspecified atom stereocenters. The van der Waals surface area contributed by atoms with Crippen LogP contribution in [0.15, 0.2) is 33.3 Å². The SMILES string of the molecule is CC(Oc1cccc(Br)c1)C(=O)NNC(=O)CCCc1nc(C(C)(C)C)no1. The van der Waals surface area contributed by atoms with Crippen molar-refractivity contribution in [2.24, 2.45) is 0 Å². The molecule has 8 nitrogen and oxygen atoms in total. The molecular weight excluding hydrogens is 428 g/mol. The molecule has 2 aromatic rings. The van der Waals surface area contributed by atoms with Crippen LogP contribution in [0, 0.1) is 0 Å². The second-order valence-electron chi connectivity index (χ2n) is 7.37. The van der Waals surface area contributed by atoms with E-state index in [1.807, 2.05) is 26.8 Å². The van der Waals surface area contributed by atoms with Gasteiger partial charge in [0.05, 0.1) is 0 Å². The van der Waals surface area contributed by atoms with Gasteiger partial charge in [0, 0.05) is 22.7 Å². The number of ether oxygens (including phenoxy) is 1. The van der Waals surface area contributed by atoms with Crippen LogP contribution in [0.25, 0.3) is 0 Å². The standard InChI is InChI=1S/C19H25BrN4O4/c1-12(27-14-8-5-7-13(20)11-14)17(26)23-22-15(25)9-6-10-16-21-18(24-28-16)19(2,3)4/h5,7-8,11-12H,6,9-10H2,1-4H3,(H,22,25)(H,23,26). The summed E-state index contributed by atoms with van der Waals surface area (Å²) in [5.41, 5.74) is 4.56. The van der Waals surface area contributed by atoms with Gasteiger partial charge in [-0.2, -0.15) is 4.98 Å². The van der Waals surface area contributed by atoms with Crippen LogP contribution in [0.3, 0.4) is 0 Å². The zero-order chi connectivity index (χ0) is 20.7. The quantitative estimate of drug-likeness (QED) is 0.625. The average molecular weight is 453 g/mol. The molecule has 2 N–H and O–H groups in total. The van der Waals surface area contributed by atoms with E-state index in [0.29, 0.717) is 30.3 Å². The van der Waals surface area contributed by atoms with E-state index >= 15 is 0 Å². The number of aromatic nitrogens is 2. The molecule has 28 heavy (non-hydrogen) atoms. The van der Waals surface area contributed by atoms with Crippen molar-refractivity contribution >= 4 is 27.7 Å². The molecule has 2 rings (SSSR count). The summed E-state index contributed by atoms with van der Waals surface area (Å²) in [5.74, 6) is 0.938. The van der Waals surface area contributed by atoms with Crippen molar-refractivity contribution in [3.63, 3.8) is 0 Å². The first-order valence-electron chi connectivity index (χ1n) is 8.99. The number of hydrogen-bond acceptors (Lipinski definition) is 6. The van der Waals surface area contributed by atoms with Crippen LogP contribution >= 0.6 is 15.9 Å². The number of nitrogens with one attached hydrogen (secondary N) is 2. The van der Waals surface area contributed by atoms with E-state index in [-0.39, 0.29) is 17.7 Å². The largest absolute Gasteiger partial charge is 0.481 e. The van der Waals surface area contributed by atoms with Gasteiger partial charge >= 0.3 is 0 Å². The number of aryl methyl sites for hydroxylation is 1. The normalized spacial score (nSPS) is 12.3. The lowest BCUT2D eigenvalue weighted by atomic mass is 9.96. The molecular formula is C19H25BrN4O4. The molecule has 0 fully saturated rings. The highest BCUT2D eigenvalue weighted by Crippen LogP contribution is 2.19. The fourth-order valence-corrected chi connectivity index (χ4v) is 2.53. The molecule has 1 aromatic carbocycles. The number of carbonyl (C=O) groups excluding carboxylic acids is 2. The zero-order valence-corrected chi connectivity index (χ0v) is 18.0. The lowest BCUT2D eigenvalue weighted by Gasteiger charge is -2.15. The molecule has 0 saturated carbocycles. The Hall–Kier alpha value is -2.42. The monoisotopic (exact) mass is 452 g/mol. The van der Waals surface area contributed by atoms with E-state index in [2.05, 4.69) is 36.9 Å². The molecule has 9 heteroatoms. The third-order valence-corrected chi connectivity index (χ3v) is 4.23. The average Bonchev–Trinajstić information content (AvgIpc) is 3.09. The molecule has 2 amide bonds. The fraction of sp³-hybridized carbons (Fsp3) is 0.474. The third-order valence-electron chi connectivity index (χ3n) is 3.74. The lowest BCUT2D eigenvalue weighted by molar-refractivity contribution is -0.132. The lowest BCUT2D eigenvalue weighted by Crippen LogP contribution is -2.47. The first-order valence-corrected chi connectivity index (χ1v) is 9.78. The summed E-state index contributed by atoms with van der Waals surface area (Å²) >= 11 is 3.34. The van der Waals surface area contributed by atoms with Crippen molar-refractivity contribution in [1.29, 1.82) is 0 Å². The molecule has 1 aromatic heterocycles. The summed E-state index contributed by atoms with van der Waals surface area (Å²) < 4.78 is 11.6. The van der Waals surface area contributed by atoms with Crippen molar-refractivity contribution < 1.29 is 18.8 Å². The molecule has 0 aliphatic heterocycles. The summed E-state index contributed by atoms with van der Waals surface area (Å²) in [7, 11) is 0. The molecule has 152 valence electrons. The third kappa shape index (κ3) is 6.95. The first kappa shape index (κ1) is 21.9. The number of rotatable bonds is 7. The number of nitrogens with zero attached hydrogens (tertiary/aromatic N) is 2. The summed E-state index contributed by atoms with van der Waals surface area (Å²) in [6.07, 6.45) is 0.475. The van der Waals surface area contributed by atoms with Gasteiger partial charge < -0.3 is 9.26 Å². The van der Waals surface area contributed by atoms with Gasteiger partial charge in [0.25, 0.3) is 5.91 Å². The molecule has 0 aliphatic carbocycles. The van der Waals surface area contributed by atoms with Crippen LogP contribution in [0.2, 0.25) is 0 Å². The Bertz CT molecular complexity index is 816. The topological polar surface area (TPSA) is 106 Å². The molecule has 0 radical (unpaired) electrons. The van der Waals surface area contributed by atoms with Gasteiger partial charge in [0.1, 0.15) is 5.75 Å². The minimum Gasteiger partial charge on any atom is -0.481 e. The fourth-order valence-electron chi connectivity index (χ4n) is 2.15. The van der Waals surface area contributed by atoms with Crippen LogP contribution in [0.5, 0.6) is 5.75 Å². The van der Waals surface area contributed by atoms with Crippen LogP contribution in [-0.2, 0) is 21.4 Å². The van der Waals surface area contributed by atoms with Crippen molar-refractivity contribution in [2.75, 3.05) is 0 Å². The van der Waals surface area contributed by atoms with Crippen molar-refractivity contribution in [1.82, 2.24) is 21.0 Å². The second kappa shape index (κ2) is 9.68. The minimum atomic E-state index is -0.760. The van der Waals surface area contributed by atoms with Crippen LogP contribution < -0.4 is 15.6 Å². The highest BCUT2D eigenvalue weighted by Gasteiger charge is 2.21. The van der Waals surface area contributed by atoms with Gasteiger partial charge in [-0.3, -0.25) is 20.4 Å². The molecule has 0 saturated heterocycles. The Labute approximate surface area is 172 Å². The van der Waals surface area contributed by atoms with E-state index in [4.69, 9.17) is 9.26 Å². The number of carbonyl (C=O) groups is 2. The Morgan fingerprint density at radius 2 is 2.04 bits per heavy atom. The Morgan fingerprint density at radius 1 is 1.29 bits per heavy atom. The molecule has 0 spiro atoms. The van der Waals surface area contributed by atoms with E-state index in [1.165, 1.54) is 0 Å². The Balaban J connectivity index is 1.68. The smallest absolute Gasteiger partial charge is 0.279 e. The summed E-state index contributed by atoms with van der Waals surface area (Å²) in [6, 6.07) is 7.16. The molecule has 1 atom stereocenters. The predicted octanol–water partition coefficient (Wildman–Crippen LogP) is 3.07. The van der Waals surface area contributed by atoms with Gasteiger partial charge in [0.2, 0.25) is 11.8 Å². The maximum atomic E-state index is 12.0. The maximum Gasteiger partial charge on any atom is 0.279 e. The number of benzene rings is 1. The van der Waals surface area contributed by atoms with E-state index < -0.39 is 12.0 Å². The van der Waals surface area contributed by atoms with Gasteiger partial charge in [-0.15, -0.1) is 0 Å². The Morgan fingerprint density at radius 3 is 2.68 bits per heavy atom. The molecule has 0 aliphatic rings. The molecule has 0 bridgehead atoms. The first-order chi connectivity index (χ1) is 13.1. The van der Waals surface area contributed by atoms with E-state index in [1.54, 1.807) is 25.1 Å². The highest BCUT2D eigenvalue weighted by atomic mass is 79.9. The minimum absolute atomic E-state index is 0.183. The van der Waals surface area contributed by atoms with Crippen molar-refractivity contribution in [3.8, 4) is 5.75 Å². The zero-order valence-electron chi connectivity index (χ0n) is 16.4. The van der Waals surface area contributed by atoms with E-state index in [0.717, 1.165) is 4.47 Å². The highest BCUT2D eigenvalue weighted by molar-refractivity contribution is 9.10. The Kier molecular flexibility index (Phi) is 7.56. The number of hydrogen-bond donors (Lipinski definition) is 2. The number of hydrazine groups is 1. The molecule has 1 heterocycles. The van der Waals surface area contributed by atoms with Gasteiger partial charge in [-0.1, -0.05) is 47.9 Å². The van der Waals surface area contributed by atoms with Crippen molar-refractivity contribution in [3.05, 3.63) is 40.5 Å². The van der Waals surface area contributed by atoms with Crippen molar-refractivity contribution in [2.45, 2.75) is 58.5 Å². The van der Waals surface area contributed by atoms with Crippen LogP contribution in [-0.4, -0.2) is 28.1 Å². The summed E-state index contributed by atoms with van der Waals surface area (Å²) in [6.45, 7) is 7.60. The van der Waals surface area contributed by atoms with Crippen LogP contribution in [0.4, 0.5) is 0 Å². The van der Waals surface area contributed by atoms with Gasteiger partial charge in [0.15, 0.2) is 11.9 Å². The van der Waals surface area contributed by atoms with Gasteiger partial charge in [-0.05, 0) is 31.5 Å². The summed E-state index contributed by atoms with van der Waals surface area (Å²) in [5, 5.41) is 3.94. The predicted molar refractivity (Wildman–Crippen MR) is 106 cm³/mol. The number of halogens is 1. The second-order valence-corrected chi connectivity index (χ2v) is 8.29.